The quantitative estimate of drug-likeness (QED) is 0.404. The number of amides is 1. The molecular formula is C22H33N5O5. The molecule has 1 fully saturated rings. The lowest BCUT2D eigenvalue weighted by molar-refractivity contribution is -0.116. The molecule has 176 valence electrons. The van der Waals surface area contributed by atoms with Crippen LogP contribution in [0.5, 0.6) is 11.5 Å². The van der Waals surface area contributed by atoms with Gasteiger partial charge in [0.2, 0.25) is 0 Å². The molecular weight excluding hydrogens is 414 g/mol. The fourth-order valence-corrected chi connectivity index (χ4v) is 3.61. The molecule has 2 aromatic rings. The van der Waals surface area contributed by atoms with Crippen LogP contribution in [-0.4, -0.2) is 102 Å². The number of hydrogen-bond acceptors (Lipinski definition) is 8. The SMILES string of the molecule is COc1cc(CN2CC[C@@](O)(CNC(=O)c3cnc[nH]3)[C@H](O)C2)ccc1OCCN(C)C. The first kappa shape index (κ1) is 24.0. The number of aliphatic hydroxyl groups is 2. The number of β-amino-alcohol motifs (C(OH)–C–C–N with tert-alkyl or cyclic N) is 1. The van der Waals surface area contributed by atoms with E-state index < -0.39 is 11.7 Å². The number of aliphatic hydroxyl groups excluding tert-OH is 1. The van der Waals surface area contributed by atoms with Gasteiger partial charge in [-0.2, -0.15) is 0 Å². The molecule has 2 heterocycles. The number of aromatic amines is 1. The molecule has 10 heteroatoms. The second-order valence-electron chi connectivity index (χ2n) is 8.39. The first-order valence-electron chi connectivity index (χ1n) is 10.6. The smallest absolute Gasteiger partial charge is 0.269 e. The van der Waals surface area contributed by atoms with Crippen molar-refractivity contribution in [2.75, 3.05) is 54.0 Å². The van der Waals surface area contributed by atoms with Gasteiger partial charge in [0.15, 0.2) is 11.5 Å². The lowest BCUT2D eigenvalue weighted by atomic mass is 9.88. The lowest BCUT2D eigenvalue weighted by Crippen LogP contribution is -2.60. The molecule has 32 heavy (non-hydrogen) atoms. The second-order valence-corrected chi connectivity index (χ2v) is 8.39. The number of likely N-dealkylation sites (N-methyl/N-ethyl adjacent to an activating group) is 1. The summed E-state index contributed by atoms with van der Waals surface area (Å²) in [7, 11) is 5.59. The third-order valence-corrected chi connectivity index (χ3v) is 5.64. The van der Waals surface area contributed by atoms with Crippen molar-refractivity contribution in [3.05, 3.63) is 42.0 Å². The van der Waals surface area contributed by atoms with Gasteiger partial charge in [0.05, 0.1) is 25.7 Å². The van der Waals surface area contributed by atoms with E-state index in [0.717, 1.165) is 12.1 Å². The number of piperidine rings is 1. The summed E-state index contributed by atoms with van der Waals surface area (Å²) in [6, 6.07) is 5.81. The molecule has 0 unspecified atom stereocenters. The predicted molar refractivity (Wildman–Crippen MR) is 119 cm³/mol. The van der Waals surface area contributed by atoms with Crippen molar-refractivity contribution in [3.8, 4) is 11.5 Å². The van der Waals surface area contributed by atoms with Crippen molar-refractivity contribution in [2.45, 2.75) is 24.7 Å². The van der Waals surface area contributed by atoms with E-state index in [1.54, 1.807) is 7.11 Å². The van der Waals surface area contributed by atoms with Gasteiger partial charge in [0, 0.05) is 32.7 Å². The molecule has 4 N–H and O–H groups in total. The number of carbonyl (C=O) groups excluding carboxylic acids is 1. The number of benzene rings is 1. The molecule has 2 atom stereocenters. The van der Waals surface area contributed by atoms with Gasteiger partial charge in [-0.25, -0.2) is 4.98 Å². The molecule has 10 nitrogen and oxygen atoms in total. The monoisotopic (exact) mass is 447 g/mol. The van der Waals surface area contributed by atoms with Crippen LogP contribution in [-0.2, 0) is 6.54 Å². The summed E-state index contributed by atoms with van der Waals surface area (Å²) in [5.74, 6) is 0.988. The van der Waals surface area contributed by atoms with Crippen molar-refractivity contribution >= 4 is 5.91 Å². The maximum Gasteiger partial charge on any atom is 0.269 e. The normalized spacial score (nSPS) is 21.5. The largest absolute Gasteiger partial charge is 0.493 e. The van der Waals surface area contributed by atoms with E-state index in [0.29, 0.717) is 49.9 Å². The van der Waals surface area contributed by atoms with Crippen molar-refractivity contribution in [3.63, 3.8) is 0 Å². The minimum atomic E-state index is -1.38. The van der Waals surface area contributed by atoms with Crippen LogP contribution in [0.1, 0.15) is 22.5 Å². The summed E-state index contributed by atoms with van der Waals surface area (Å²) >= 11 is 0. The summed E-state index contributed by atoms with van der Waals surface area (Å²) in [5.41, 5.74) is -0.0517. The minimum Gasteiger partial charge on any atom is -0.493 e. The fraction of sp³-hybridized carbons (Fsp3) is 0.545. The van der Waals surface area contributed by atoms with Gasteiger partial charge in [-0.3, -0.25) is 9.69 Å². The molecule has 3 rings (SSSR count). The number of aromatic nitrogens is 2. The van der Waals surface area contributed by atoms with Crippen molar-refractivity contribution < 1.29 is 24.5 Å². The van der Waals surface area contributed by atoms with E-state index in [-0.39, 0.29) is 12.5 Å². The number of rotatable bonds is 10. The molecule has 0 radical (unpaired) electrons. The van der Waals surface area contributed by atoms with Crippen molar-refractivity contribution in [2.24, 2.45) is 0 Å². The number of methoxy groups -OCH3 is 1. The third kappa shape index (κ3) is 6.19. The zero-order valence-electron chi connectivity index (χ0n) is 18.9. The molecule has 0 saturated carbocycles. The highest BCUT2D eigenvalue weighted by molar-refractivity contribution is 5.91. The van der Waals surface area contributed by atoms with E-state index >= 15 is 0 Å². The van der Waals surface area contributed by atoms with Crippen LogP contribution in [0.25, 0.3) is 0 Å². The zero-order chi connectivity index (χ0) is 23.1. The Morgan fingerprint density at radius 2 is 2.22 bits per heavy atom. The van der Waals surface area contributed by atoms with Crippen molar-refractivity contribution in [1.82, 2.24) is 25.1 Å². The Morgan fingerprint density at radius 3 is 2.88 bits per heavy atom. The summed E-state index contributed by atoms with van der Waals surface area (Å²) in [6.07, 6.45) is 2.16. The predicted octanol–water partition coefficient (Wildman–Crippen LogP) is 0.0864. The Hall–Kier alpha value is -2.66. The maximum absolute atomic E-state index is 12.1. The highest BCUT2D eigenvalue weighted by Gasteiger charge is 2.40. The third-order valence-electron chi connectivity index (χ3n) is 5.64. The Kier molecular flexibility index (Phi) is 8.08. The van der Waals surface area contributed by atoms with E-state index in [2.05, 4.69) is 20.2 Å². The van der Waals surface area contributed by atoms with Gasteiger partial charge in [-0.15, -0.1) is 0 Å². The van der Waals surface area contributed by atoms with Crippen LogP contribution < -0.4 is 14.8 Å². The number of nitrogens with zero attached hydrogens (tertiary/aromatic N) is 3. The Balaban J connectivity index is 1.53. The molecule has 1 aliphatic heterocycles. The molecule has 1 aromatic carbocycles. The summed E-state index contributed by atoms with van der Waals surface area (Å²) < 4.78 is 11.3. The van der Waals surface area contributed by atoms with Crippen LogP contribution in [0.3, 0.4) is 0 Å². The maximum atomic E-state index is 12.1. The van der Waals surface area contributed by atoms with Crippen molar-refractivity contribution in [1.29, 1.82) is 0 Å². The number of carbonyl (C=O) groups is 1. The summed E-state index contributed by atoms with van der Waals surface area (Å²) in [6.45, 7) is 2.81. The standard InChI is InChI=1S/C22H33N5O5/c1-26(2)8-9-32-18-5-4-16(10-19(18)31-3)12-27-7-6-22(30,20(28)13-27)14-24-21(29)17-11-23-15-25-17/h4-5,10-11,15,20,28,30H,6-9,12-14H2,1-3H3,(H,23,25)(H,24,29)/t20-,22-/m1/s1. The molecule has 0 aliphatic carbocycles. The van der Waals surface area contributed by atoms with E-state index in [1.807, 2.05) is 37.2 Å². The number of nitrogens with one attached hydrogen (secondary N) is 2. The van der Waals surface area contributed by atoms with Crippen LogP contribution in [0.2, 0.25) is 0 Å². The lowest BCUT2D eigenvalue weighted by Gasteiger charge is -2.42. The molecule has 1 aromatic heterocycles. The van der Waals surface area contributed by atoms with E-state index in [4.69, 9.17) is 9.47 Å². The number of H-pyrrole nitrogens is 1. The Bertz CT molecular complexity index is 876. The number of ether oxygens (including phenoxy) is 2. The first-order chi connectivity index (χ1) is 15.3. The number of imidazole rings is 1. The minimum absolute atomic E-state index is 0.0351. The van der Waals surface area contributed by atoms with E-state index in [9.17, 15) is 15.0 Å². The molecule has 0 bridgehead atoms. The topological polar surface area (TPSA) is 123 Å². The average molecular weight is 448 g/mol. The molecule has 1 amide bonds. The highest BCUT2D eigenvalue weighted by atomic mass is 16.5. The fourth-order valence-electron chi connectivity index (χ4n) is 3.61. The Morgan fingerprint density at radius 1 is 1.41 bits per heavy atom. The van der Waals surface area contributed by atoms with Crippen LogP contribution in [0.15, 0.2) is 30.7 Å². The highest BCUT2D eigenvalue weighted by Crippen LogP contribution is 2.30. The average Bonchev–Trinajstić information content (AvgIpc) is 3.30. The van der Waals surface area contributed by atoms with Gasteiger partial charge in [0.1, 0.15) is 17.9 Å². The molecule has 1 aliphatic rings. The number of hydrogen-bond donors (Lipinski definition) is 4. The summed E-state index contributed by atoms with van der Waals surface area (Å²) in [5, 5.41) is 24.1. The first-order valence-corrected chi connectivity index (χ1v) is 10.6. The van der Waals surface area contributed by atoms with Crippen LogP contribution in [0.4, 0.5) is 0 Å². The van der Waals surface area contributed by atoms with Crippen LogP contribution >= 0.6 is 0 Å². The second kappa shape index (κ2) is 10.8. The Labute approximate surface area is 188 Å². The molecule has 1 saturated heterocycles. The van der Waals surface area contributed by atoms with Crippen LogP contribution in [0, 0.1) is 0 Å². The van der Waals surface area contributed by atoms with Gasteiger partial charge >= 0.3 is 0 Å². The summed E-state index contributed by atoms with van der Waals surface area (Å²) in [4.78, 5) is 22.7. The molecule has 0 spiro atoms. The van der Waals surface area contributed by atoms with Gasteiger partial charge in [-0.1, -0.05) is 6.07 Å². The van der Waals surface area contributed by atoms with Gasteiger partial charge < -0.3 is 34.9 Å². The zero-order valence-corrected chi connectivity index (χ0v) is 18.9. The van der Waals surface area contributed by atoms with Gasteiger partial charge in [-0.05, 0) is 38.2 Å². The van der Waals surface area contributed by atoms with Gasteiger partial charge in [0.25, 0.3) is 5.91 Å². The number of likely N-dealkylation sites (tertiary alicyclic amines) is 1. The van der Waals surface area contributed by atoms with E-state index in [1.165, 1.54) is 12.5 Å².